The number of nitrogens with zero attached hydrogens (tertiary/aromatic N) is 3. The van der Waals surface area contributed by atoms with E-state index in [9.17, 15) is 8.42 Å². The van der Waals surface area contributed by atoms with Gasteiger partial charge < -0.3 is 4.90 Å². The van der Waals surface area contributed by atoms with Gasteiger partial charge in [-0.05, 0) is 42.5 Å². The highest BCUT2D eigenvalue weighted by atomic mass is 35.5. The standard InChI is InChI=1S/C23H21ClN4O2S/c1-27(2)20-8-6-7-18(15-20)23-16-22(17-11-13-19(24)14-12-17)25-28(23)26-31(29,30)21-9-4-3-5-10-21/h3-16,26H,1-2H3. The van der Waals surface area contributed by atoms with E-state index in [1.54, 1.807) is 30.3 Å². The predicted octanol–water partition coefficient (Wildman–Crippen LogP) is 4.87. The zero-order valence-corrected chi connectivity index (χ0v) is 18.6. The first-order valence-corrected chi connectivity index (χ1v) is 11.4. The second kappa shape index (κ2) is 8.45. The number of sulfonamides is 1. The molecule has 0 spiro atoms. The molecule has 3 aromatic carbocycles. The Bertz CT molecular complexity index is 1300. The van der Waals surface area contributed by atoms with Crippen LogP contribution in [0.15, 0.2) is 89.8 Å². The van der Waals surface area contributed by atoms with Gasteiger partial charge in [0.2, 0.25) is 0 Å². The van der Waals surface area contributed by atoms with Gasteiger partial charge in [0.1, 0.15) is 0 Å². The van der Waals surface area contributed by atoms with Crippen LogP contribution in [0.1, 0.15) is 0 Å². The normalized spacial score (nSPS) is 11.3. The van der Waals surface area contributed by atoms with Gasteiger partial charge in [0.05, 0.1) is 16.3 Å². The Labute approximate surface area is 186 Å². The number of aromatic nitrogens is 2. The second-order valence-corrected chi connectivity index (χ2v) is 9.28. The van der Waals surface area contributed by atoms with E-state index in [1.807, 2.05) is 61.5 Å². The lowest BCUT2D eigenvalue weighted by molar-refractivity contribution is 0.592. The van der Waals surface area contributed by atoms with E-state index in [1.165, 1.54) is 16.9 Å². The van der Waals surface area contributed by atoms with Crippen molar-refractivity contribution in [3.05, 3.63) is 90.0 Å². The maximum absolute atomic E-state index is 13.0. The molecular weight excluding hydrogens is 432 g/mol. The van der Waals surface area contributed by atoms with E-state index in [0.717, 1.165) is 16.8 Å². The monoisotopic (exact) mass is 452 g/mol. The summed E-state index contributed by atoms with van der Waals surface area (Å²) in [6.45, 7) is 0. The number of halogens is 1. The van der Waals surface area contributed by atoms with Crippen LogP contribution >= 0.6 is 11.6 Å². The average molecular weight is 453 g/mol. The number of hydrogen-bond donors (Lipinski definition) is 1. The fourth-order valence-corrected chi connectivity index (χ4v) is 4.24. The van der Waals surface area contributed by atoms with Crippen LogP contribution in [0.2, 0.25) is 5.02 Å². The lowest BCUT2D eigenvalue weighted by Crippen LogP contribution is -2.25. The summed E-state index contributed by atoms with van der Waals surface area (Å²) in [5, 5.41) is 5.16. The Morgan fingerprint density at radius 3 is 2.26 bits per heavy atom. The molecule has 0 saturated carbocycles. The van der Waals surface area contributed by atoms with Crippen molar-refractivity contribution >= 4 is 27.3 Å². The molecule has 0 bridgehead atoms. The van der Waals surface area contributed by atoms with Crippen molar-refractivity contribution < 1.29 is 8.42 Å². The molecule has 0 aliphatic heterocycles. The lowest BCUT2D eigenvalue weighted by atomic mass is 10.1. The zero-order valence-electron chi connectivity index (χ0n) is 17.0. The molecule has 0 aliphatic rings. The molecule has 158 valence electrons. The molecule has 1 N–H and O–H groups in total. The SMILES string of the molecule is CN(C)c1cccc(-c2cc(-c3ccc(Cl)cc3)nn2NS(=O)(=O)c2ccccc2)c1. The Morgan fingerprint density at radius 2 is 1.58 bits per heavy atom. The fourth-order valence-electron chi connectivity index (χ4n) is 3.13. The summed E-state index contributed by atoms with van der Waals surface area (Å²) in [6, 6.07) is 25.1. The van der Waals surface area contributed by atoms with Gasteiger partial charge in [0, 0.05) is 35.9 Å². The minimum Gasteiger partial charge on any atom is -0.378 e. The highest BCUT2D eigenvalue weighted by Gasteiger charge is 2.19. The first-order chi connectivity index (χ1) is 14.8. The summed E-state index contributed by atoms with van der Waals surface area (Å²) in [5.41, 5.74) is 3.89. The summed E-state index contributed by atoms with van der Waals surface area (Å²) in [6.07, 6.45) is 0. The molecule has 0 atom stereocenters. The fraction of sp³-hybridized carbons (Fsp3) is 0.0870. The van der Waals surface area contributed by atoms with E-state index in [-0.39, 0.29) is 4.90 Å². The molecule has 8 heteroatoms. The van der Waals surface area contributed by atoms with Gasteiger partial charge in [-0.1, -0.05) is 54.1 Å². The van der Waals surface area contributed by atoms with E-state index in [0.29, 0.717) is 16.4 Å². The number of nitrogens with one attached hydrogen (secondary N) is 1. The topological polar surface area (TPSA) is 67.2 Å². The van der Waals surface area contributed by atoms with Crippen molar-refractivity contribution in [2.75, 3.05) is 23.8 Å². The van der Waals surface area contributed by atoms with Crippen LogP contribution in [0.4, 0.5) is 5.69 Å². The molecule has 4 aromatic rings. The van der Waals surface area contributed by atoms with Gasteiger partial charge in [-0.2, -0.15) is 23.1 Å². The second-order valence-electron chi connectivity index (χ2n) is 7.19. The molecule has 6 nitrogen and oxygen atoms in total. The van der Waals surface area contributed by atoms with Crippen molar-refractivity contribution in [1.82, 2.24) is 9.89 Å². The third kappa shape index (κ3) is 4.57. The van der Waals surface area contributed by atoms with Crippen molar-refractivity contribution in [1.29, 1.82) is 0 Å². The Kier molecular flexibility index (Phi) is 5.71. The number of hydrogen-bond acceptors (Lipinski definition) is 4. The van der Waals surface area contributed by atoms with Gasteiger partial charge in [0.25, 0.3) is 10.0 Å². The van der Waals surface area contributed by atoms with E-state index < -0.39 is 10.0 Å². The van der Waals surface area contributed by atoms with E-state index in [4.69, 9.17) is 11.6 Å². The largest absolute Gasteiger partial charge is 0.378 e. The molecule has 0 saturated heterocycles. The molecule has 31 heavy (non-hydrogen) atoms. The van der Waals surface area contributed by atoms with Gasteiger partial charge in [0.15, 0.2) is 0 Å². The molecule has 0 radical (unpaired) electrons. The van der Waals surface area contributed by atoms with Crippen molar-refractivity contribution in [2.24, 2.45) is 0 Å². The molecule has 0 fully saturated rings. The summed E-state index contributed by atoms with van der Waals surface area (Å²) in [4.78, 5) is 6.04. The first-order valence-electron chi connectivity index (χ1n) is 9.55. The third-order valence-corrected chi connectivity index (χ3v) is 6.33. The Morgan fingerprint density at radius 1 is 0.871 bits per heavy atom. The third-order valence-electron chi connectivity index (χ3n) is 4.77. The van der Waals surface area contributed by atoms with Gasteiger partial charge in [-0.3, -0.25) is 0 Å². The number of benzene rings is 3. The molecule has 0 aliphatic carbocycles. The summed E-state index contributed by atoms with van der Waals surface area (Å²) >= 11 is 6.01. The minimum atomic E-state index is -3.83. The number of anilines is 1. The Hall–Kier alpha value is -3.29. The summed E-state index contributed by atoms with van der Waals surface area (Å²) < 4.78 is 25.9. The van der Waals surface area contributed by atoms with Crippen LogP contribution in [0.3, 0.4) is 0 Å². The highest BCUT2D eigenvalue weighted by molar-refractivity contribution is 7.92. The first kappa shape index (κ1) is 21.0. The van der Waals surface area contributed by atoms with Crippen molar-refractivity contribution in [3.63, 3.8) is 0 Å². The number of rotatable bonds is 6. The van der Waals surface area contributed by atoms with Crippen LogP contribution in [0, 0.1) is 0 Å². The maximum atomic E-state index is 13.0. The summed E-state index contributed by atoms with van der Waals surface area (Å²) in [7, 11) is 0.0772. The van der Waals surface area contributed by atoms with E-state index in [2.05, 4.69) is 9.93 Å². The van der Waals surface area contributed by atoms with Gasteiger partial charge in [-0.25, -0.2) is 0 Å². The van der Waals surface area contributed by atoms with Crippen LogP contribution in [-0.2, 0) is 10.0 Å². The molecule has 1 heterocycles. The zero-order chi connectivity index (χ0) is 22.0. The lowest BCUT2D eigenvalue weighted by Gasteiger charge is -2.15. The van der Waals surface area contributed by atoms with Gasteiger partial charge >= 0.3 is 0 Å². The smallest absolute Gasteiger partial charge is 0.276 e. The average Bonchev–Trinajstić information content (AvgIpc) is 3.18. The van der Waals surface area contributed by atoms with Crippen LogP contribution in [0.25, 0.3) is 22.5 Å². The highest BCUT2D eigenvalue weighted by Crippen LogP contribution is 2.29. The molecule has 1 aromatic heterocycles. The maximum Gasteiger partial charge on any atom is 0.276 e. The van der Waals surface area contributed by atoms with Crippen molar-refractivity contribution in [3.8, 4) is 22.5 Å². The molecule has 0 amide bonds. The summed E-state index contributed by atoms with van der Waals surface area (Å²) in [5.74, 6) is 0. The molecule has 0 unspecified atom stereocenters. The van der Waals surface area contributed by atoms with Crippen LogP contribution in [-0.4, -0.2) is 32.4 Å². The van der Waals surface area contributed by atoms with Gasteiger partial charge in [-0.15, -0.1) is 0 Å². The van der Waals surface area contributed by atoms with E-state index >= 15 is 0 Å². The Balaban J connectivity index is 1.82. The molecule has 4 rings (SSSR count). The van der Waals surface area contributed by atoms with Crippen LogP contribution < -0.4 is 9.73 Å². The molecular formula is C23H21ClN4O2S. The minimum absolute atomic E-state index is 0.159. The predicted molar refractivity (Wildman–Crippen MR) is 125 cm³/mol. The quantitative estimate of drug-likeness (QED) is 0.453. The van der Waals surface area contributed by atoms with Crippen molar-refractivity contribution in [2.45, 2.75) is 4.90 Å². The van der Waals surface area contributed by atoms with Crippen LogP contribution in [0.5, 0.6) is 0 Å².